The van der Waals surface area contributed by atoms with E-state index in [1.165, 1.54) is 11.8 Å². The summed E-state index contributed by atoms with van der Waals surface area (Å²) < 4.78 is 2.12. The first kappa shape index (κ1) is 16.3. The highest BCUT2D eigenvalue weighted by Gasteiger charge is 2.29. The molecule has 0 radical (unpaired) electrons. The maximum Gasteiger partial charge on any atom is 0.267 e. The lowest BCUT2D eigenvalue weighted by atomic mass is 10.1. The summed E-state index contributed by atoms with van der Waals surface area (Å²) in [6.45, 7) is 3.05. The van der Waals surface area contributed by atoms with Crippen molar-refractivity contribution in [3.8, 4) is 0 Å². The van der Waals surface area contributed by atoms with Crippen LogP contribution in [0, 0.1) is 0 Å². The van der Waals surface area contributed by atoms with E-state index < -0.39 is 0 Å². The second kappa shape index (κ2) is 6.62. The second-order valence-electron chi connectivity index (χ2n) is 6.63. The monoisotopic (exact) mass is 352 g/mol. The van der Waals surface area contributed by atoms with Crippen LogP contribution in [0.25, 0.3) is 0 Å². The predicted molar refractivity (Wildman–Crippen MR) is 94.5 cm³/mol. The molecule has 0 fully saturated rings. The fourth-order valence-electron chi connectivity index (χ4n) is 3.44. The van der Waals surface area contributed by atoms with Crippen molar-refractivity contribution in [1.82, 2.24) is 29.9 Å². The minimum absolute atomic E-state index is 0.0799. The zero-order chi connectivity index (χ0) is 18.1. The Kier molecular flexibility index (Phi) is 4.16. The smallest absolute Gasteiger partial charge is 0.267 e. The van der Waals surface area contributed by atoms with Gasteiger partial charge in [0.05, 0.1) is 19.0 Å². The van der Waals surface area contributed by atoms with Crippen molar-refractivity contribution in [1.29, 1.82) is 0 Å². The van der Waals surface area contributed by atoms with Gasteiger partial charge in [0, 0.05) is 24.7 Å². The highest BCUT2D eigenvalue weighted by molar-refractivity contribution is 5.78. The number of aromatic amines is 2. The van der Waals surface area contributed by atoms with Crippen LogP contribution in [-0.2, 0) is 24.2 Å². The van der Waals surface area contributed by atoms with Gasteiger partial charge in [-0.15, -0.1) is 10.2 Å². The molecule has 3 heterocycles. The first-order valence-electron chi connectivity index (χ1n) is 8.61. The summed E-state index contributed by atoms with van der Waals surface area (Å²) in [4.78, 5) is 25.9. The summed E-state index contributed by atoms with van der Waals surface area (Å²) in [5.41, 5.74) is 1.37. The molecule has 0 saturated carbocycles. The Balaban J connectivity index is 1.51. The van der Waals surface area contributed by atoms with Crippen molar-refractivity contribution in [3.63, 3.8) is 0 Å². The Bertz CT molecular complexity index is 971. The molecule has 0 aliphatic carbocycles. The molecule has 3 aromatic rings. The number of nitrogens with one attached hydrogen (secondary N) is 2. The number of aromatic nitrogens is 5. The maximum atomic E-state index is 12.6. The average molecular weight is 352 g/mol. The van der Waals surface area contributed by atoms with Crippen molar-refractivity contribution in [2.24, 2.45) is 0 Å². The van der Waals surface area contributed by atoms with Crippen molar-refractivity contribution in [2.45, 2.75) is 32.4 Å². The standard InChI is InChI=1S/C18H20N6O2/c1-12-10-23(17(25)8-14-9-19-22-18(14)26)11-16-21-20-15(24(12)16)7-13-5-3-2-4-6-13/h2-6,9,12H,7-8,10-11H2,1H3,(H2,19,22,26)/t12-/m0/s1. The van der Waals surface area contributed by atoms with Gasteiger partial charge in [-0.25, -0.2) is 0 Å². The largest absolute Gasteiger partial charge is 0.333 e. The summed E-state index contributed by atoms with van der Waals surface area (Å²) in [6, 6.07) is 10.2. The van der Waals surface area contributed by atoms with Crippen LogP contribution >= 0.6 is 0 Å². The van der Waals surface area contributed by atoms with E-state index in [1.54, 1.807) is 4.90 Å². The second-order valence-corrected chi connectivity index (χ2v) is 6.63. The van der Waals surface area contributed by atoms with E-state index in [4.69, 9.17) is 0 Å². The zero-order valence-corrected chi connectivity index (χ0v) is 14.5. The third-order valence-corrected chi connectivity index (χ3v) is 4.72. The summed E-state index contributed by atoms with van der Waals surface area (Å²) in [5.74, 6) is 1.61. The molecule has 1 aliphatic heterocycles. The Morgan fingerprint density at radius 3 is 2.81 bits per heavy atom. The number of carbonyl (C=O) groups is 1. The summed E-state index contributed by atoms with van der Waals surface area (Å²) in [5, 5.41) is 13.7. The minimum atomic E-state index is -0.253. The molecule has 8 nitrogen and oxygen atoms in total. The molecule has 1 aromatic carbocycles. The van der Waals surface area contributed by atoms with Crippen LogP contribution in [0.15, 0.2) is 41.3 Å². The van der Waals surface area contributed by atoms with E-state index >= 15 is 0 Å². The number of H-pyrrole nitrogens is 2. The van der Waals surface area contributed by atoms with Gasteiger partial charge in [-0.3, -0.25) is 14.7 Å². The summed E-state index contributed by atoms with van der Waals surface area (Å²) in [6.07, 6.45) is 2.33. The molecule has 0 bridgehead atoms. The fraction of sp³-hybridized carbons (Fsp3) is 0.333. The van der Waals surface area contributed by atoms with Crippen LogP contribution < -0.4 is 5.56 Å². The van der Waals surface area contributed by atoms with Crippen LogP contribution in [0.4, 0.5) is 0 Å². The molecule has 0 spiro atoms. The molecule has 2 N–H and O–H groups in total. The van der Waals surface area contributed by atoms with Gasteiger partial charge in [-0.05, 0) is 12.5 Å². The van der Waals surface area contributed by atoms with Crippen LogP contribution in [-0.4, -0.2) is 42.3 Å². The molecular weight excluding hydrogens is 332 g/mol. The van der Waals surface area contributed by atoms with Gasteiger partial charge in [0.15, 0.2) is 5.82 Å². The maximum absolute atomic E-state index is 12.6. The van der Waals surface area contributed by atoms with Crippen LogP contribution in [0.3, 0.4) is 0 Å². The molecule has 26 heavy (non-hydrogen) atoms. The van der Waals surface area contributed by atoms with E-state index in [0.717, 1.165) is 11.6 Å². The van der Waals surface area contributed by atoms with Gasteiger partial charge in [0.25, 0.3) is 5.56 Å². The van der Waals surface area contributed by atoms with Crippen molar-refractivity contribution in [3.05, 3.63) is 69.7 Å². The first-order valence-corrected chi connectivity index (χ1v) is 8.61. The number of fused-ring (bicyclic) bond motifs is 1. The normalized spacial score (nSPS) is 16.5. The van der Waals surface area contributed by atoms with E-state index in [0.29, 0.717) is 25.1 Å². The van der Waals surface area contributed by atoms with Gasteiger partial charge >= 0.3 is 0 Å². The number of benzene rings is 1. The van der Waals surface area contributed by atoms with Gasteiger partial charge < -0.3 is 14.6 Å². The predicted octanol–water partition coefficient (Wildman–Crippen LogP) is 1.03. The molecule has 2 aromatic heterocycles. The molecule has 0 unspecified atom stereocenters. The molecule has 134 valence electrons. The molecule has 0 saturated heterocycles. The number of nitrogens with zero attached hydrogens (tertiary/aromatic N) is 4. The van der Waals surface area contributed by atoms with E-state index in [1.807, 2.05) is 18.2 Å². The molecule has 1 atom stereocenters. The Morgan fingerprint density at radius 1 is 1.27 bits per heavy atom. The highest BCUT2D eigenvalue weighted by Crippen LogP contribution is 2.23. The quantitative estimate of drug-likeness (QED) is 0.732. The third kappa shape index (κ3) is 3.05. The number of rotatable bonds is 4. The Morgan fingerprint density at radius 2 is 2.08 bits per heavy atom. The van der Waals surface area contributed by atoms with Crippen LogP contribution in [0.5, 0.6) is 0 Å². The average Bonchev–Trinajstić information content (AvgIpc) is 3.23. The number of amides is 1. The number of carbonyl (C=O) groups excluding carboxylic acids is 1. The molecule has 1 aliphatic rings. The topological polar surface area (TPSA) is 99.7 Å². The first-order chi connectivity index (χ1) is 12.6. The molecule has 1 amide bonds. The van der Waals surface area contributed by atoms with Crippen molar-refractivity contribution in [2.75, 3.05) is 6.54 Å². The highest BCUT2D eigenvalue weighted by atomic mass is 16.2. The Hall–Kier alpha value is -3.16. The van der Waals surface area contributed by atoms with Gasteiger partial charge in [0.1, 0.15) is 5.82 Å². The van der Waals surface area contributed by atoms with Gasteiger partial charge in [-0.1, -0.05) is 30.3 Å². The van der Waals surface area contributed by atoms with E-state index in [2.05, 4.69) is 44.0 Å². The van der Waals surface area contributed by atoms with Crippen LogP contribution in [0.2, 0.25) is 0 Å². The number of hydrogen-bond acceptors (Lipinski definition) is 4. The minimum Gasteiger partial charge on any atom is -0.333 e. The lowest BCUT2D eigenvalue weighted by Crippen LogP contribution is -2.41. The molecule has 4 rings (SSSR count). The van der Waals surface area contributed by atoms with Crippen LogP contribution in [0.1, 0.15) is 35.7 Å². The molecular formula is C18H20N6O2. The SMILES string of the molecule is C[C@H]1CN(C(=O)Cc2c[nH][nH]c2=O)Cc2nnc(Cc3ccccc3)n21. The lowest BCUT2D eigenvalue weighted by molar-refractivity contribution is -0.132. The van der Waals surface area contributed by atoms with Crippen molar-refractivity contribution >= 4 is 5.91 Å². The number of hydrogen-bond donors (Lipinski definition) is 2. The van der Waals surface area contributed by atoms with Crippen molar-refractivity contribution < 1.29 is 4.79 Å². The van der Waals surface area contributed by atoms with E-state index in [-0.39, 0.29) is 23.9 Å². The van der Waals surface area contributed by atoms with Gasteiger partial charge in [0.2, 0.25) is 5.91 Å². The Labute approximate surface area is 149 Å². The van der Waals surface area contributed by atoms with E-state index in [9.17, 15) is 9.59 Å². The zero-order valence-electron chi connectivity index (χ0n) is 14.5. The lowest BCUT2D eigenvalue weighted by Gasteiger charge is -2.32. The molecule has 8 heteroatoms. The van der Waals surface area contributed by atoms with Gasteiger partial charge in [-0.2, -0.15) is 0 Å². The third-order valence-electron chi connectivity index (χ3n) is 4.72. The summed E-state index contributed by atoms with van der Waals surface area (Å²) in [7, 11) is 0. The fourth-order valence-corrected chi connectivity index (χ4v) is 3.44. The summed E-state index contributed by atoms with van der Waals surface area (Å²) >= 11 is 0.